The van der Waals surface area contributed by atoms with Gasteiger partial charge in [-0.05, 0) is 37.9 Å². The molecule has 7 heteroatoms. The Morgan fingerprint density at radius 1 is 1.56 bits per heavy atom. The predicted octanol–water partition coefficient (Wildman–Crippen LogP) is 2.31. The monoisotopic (exact) mass is 415 g/mol. The molecule has 0 aliphatic heterocycles. The number of esters is 1. The van der Waals surface area contributed by atoms with Crippen molar-refractivity contribution in [3.05, 3.63) is 31.6 Å². The summed E-state index contributed by atoms with van der Waals surface area (Å²) in [4.78, 5) is 22.3. The molecule has 0 saturated heterocycles. The van der Waals surface area contributed by atoms with E-state index in [0.29, 0.717) is 4.47 Å². The molecule has 1 unspecified atom stereocenters. The summed E-state index contributed by atoms with van der Waals surface area (Å²) in [6.45, 7) is 0.212. The lowest BCUT2D eigenvalue weighted by Crippen LogP contribution is -2.28. The first-order valence-corrected chi connectivity index (χ1v) is 6.73. The number of rotatable bonds is 3. The molecule has 0 bridgehead atoms. The number of halogens is 3. The van der Waals surface area contributed by atoms with Crippen molar-refractivity contribution in [3.63, 3.8) is 0 Å². The van der Waals surface area contributed by atoms with E-state index in [1.54, 1.807) is 12.3 Å². The van der Waals surface area contributed by atoms with Crippen molar-refractivity contribution in [1.29, 1.82) is 0 Å². The molecule has 1 aromatic heterocycles. The fraction of sp³-hybridized carbons (Fsp3) is 0.333. The van der Waals surface area contributed by atoms with Crippen LogP contribution < -0.4 is 5.56 Å². The predicted molar refractivity (Wildman–Crippen MR) is 70.8 cm³/mol. The van der Waals surface area contributed by atoms with E-state index in [1.165, 1.54) is 11.7 Å². The Labute approximate surface area is 117 Å². The van der Waals surface area contributed by atoms with Crippen LogP contribution in [0.2, 0.25) is 0 Å². The summed E-state index contributed by atoms with van der Waals surface area (Å²) in [6.07, 6.45) is 1.62. The van der Waals surface area contributed by atoms with Gasteiger partial charge >= 0.3 is 5.97 Å². The Morgan fingerprint density at radius 3 is 2.75 bits per heavy atom. The van der Waals surface area contributed by atoms with Crippen LogP contribution in [0.5, 0.6) is 0 Å². The van der Waals surface area contributed by atoms with Crippen LogP contribution in [-0.2, 0) is 16.1 Å². The second-order valence-corrected chi connectivity index (χ2v) is 5.83. The second-order valence-electron chi connectivity index (χ2n) is 2.95. The molecule has 16 heavy (non-hydrogen) atoms. The molecule has 0 radical (unpaired) electrons. The molecule has 1 heterocycles. The molecule has 0 spiro atoms. The van der Waals surface area contributed by atoms with Crippen LogP contribution in [0.1, 0.15) is 0 Å². The number of carbonyl (C=O) groups is 1. The third-order valence-corrected chi connectivity index (χ3v) is 3.49. The molecule has 4 nitrogen and oxygen atoms in total. The van der Waals surface area contributed by atoms with Gasteiger partial charge in [0, 0.05) is 17.2 Å². The lowest BCUT2D eigenvalue weighted by molar-refractivity contribution is -0.140. The van der Waals surface area contributed by atoms with E-state index < -0.39 is 10.8 Å². The Kier molecular flexibility index (Phi) is 5.20. The molecule has 1 rings (SSSR count). The number of methoxy groups -OCH3 is 1. The topological polar surface area (TPSA) is 48.3 Å². The maximum atomic E-state index is 11.7. The van der Waals surface area contributed by atoms with Gasteiger partial charge in [-0.1, -0.05) is 15.9 Å². The van der Waals surface area contributed by atoms with E-state index in [1.807, 2.05) is 0 Å². The molecule has 0 aliphatic rings. The van der Waals surface area contributed by atoms with E-state index in [2.05, 4.69) is 52.5 Å². The molecule has 0 aromatic carbocycles. The molecule has 0 N–H and O–H groups in total. The lowest BCUT2D eigenvalue weighted by Gasteiger charge is -2.10. The fourth-order valence-electron chi connectivity index (χ4n) is 1.08. The molecular formula is C9H8Br3NO3. The van der Waals surface area contributed by atoms with Gasteiger partial charge in [0.15, 0.2) is 0 Å². The SMILES string of the molecule is COC(=O)C(Br)Cn1cc(Br)cc(Br)c1=O. The van der Waals surface area contributed by atoms with Gasteiger partial charge in [0.1, 0.15) is 4.83 Å². The lowest BCUT2D eigenvalue weighted by atomic mass is 10.4. The van der Waals surface area contributed by atoms with Crippen LogP contribution in [0, 0.1) is 0 Å². The minimum absolute atomic E-state index is 0.198. The first kappa shape index (κ1) is 13.9. The van der Waals surface area contributed by atoms with Gasteiger partial charge in [-0.3, -0.25) is 9.59 Å². The van der Waals surface area contributed by atoms with Crippen LogP contribution in [0.3, 0.4) is 0 Å². The van der Waals surface area contributed by atoms with Gasteiger partial charge in [0.05, 0.1) is 11.6 Å². The molecular weight excluding hydrogens is 410 g/mol. The minimum atomic E-state index is -0.545. The van der Waals surface area contributed by atoms with Crippen LogP contribution in [0.4, 0.5) is 0 Å². The van der Waals surface area contributed by atoms with Crippen molar-refractivity contribution in [2.24, 2.45) is 0 Å². The maximum Gasteiger partial charge on any atom is 0.321 e. The Hall–Kier alpha value is -0.140. The zero-order chi connectivity index (χ0) is 12.3. The minimum Gasteiger partial charge on any atom is -0.468 e. The van der Waals surface area contributed by atoms with Crippen molar-refractivity contribution >= 4 is 53.8 Å². The molecule has 0 saturated carbocycles. The maximum absolute atomic E-state index is 11.7. The average molecular weight is 418 g/mol. The standard InChI is InChI=1S/C9H8Br3NO3/c1-16-9(15)7(12)4-13-3-5(10)2-6(11)8(13)14/h2-3,7H,4H2,1H3. The van der Waals surface area contributed by atoms with E-state index in [0.717, 1.165) is 4.47 Å². The number of hydrogen-bond donors (Lipinski definition) is 0. The Morgan fingerprint density at radius 2 is 2.19 bits per heavy atom. The Balaban J connectivity index is 2.98. The number of ether oxygens (including phenoxy) is 1. The number of hydrogen-bond acceptors (Lipinski definition) is 3. The average Bonchev–Trinajstić information content (AvgIpc) is 2.23. The van der Waals surface area contributed by atoms with Crippen LogP contribution in [0.15, 0.2) is 26.0 Å². The number of carbonyl (C=O) groups excluding carboxylic acids is 1. The van der Waals surface area contributed by atoms with Crippen molar-refractivity contribution in [2.75, 3.05) is 7.11 Å². The van der Waals surface area contributed by atoms with Crippen molar-refractivity contribution in [1.82, 2.24) is 4.57 Å². The van der Waals surface area contributed by atoms with Crippen LogP contribution in [0.25, 0.3) is 0 Å². The normalized spacial score (nSPS) is 12.2. The third-order valence-electron chi connectivity index (χ3n) is 1.82. The van der Waals surface area contributed by atoms with Crippen molar-refractivity contribution in [2.45, 2.75) is 11.4 Å². The van der Waals surface area contributed by atoms with Gasteiger partial charge in [0.25, 0.3) is 5.56 Å². The highest BCUT2D eigenvalue weighted by Crippen LogP contribution is 2.14. The van der Waals surface area contributed by atoms with E-state index in [4.69, 9.17) is 0 Å². The zero-order valence-corrected chi connectivity index (χ0v) is 13.0. The number of pyridine rings is 1. The number of alkyl halides is 1. The Bertz CT molecular complexity index is 458. The molecule has 0 amide bonds. The largest absolute Gasteiger partial charge is 0.468 e. The summed E-state index contributed by atoms with van der Waals surface area (Å²) in [6, 6.07) is 1.65. The fourth-order valence-corrected chi connectivity index (χ4v) is 2.83. The highest BCUT2D eigenvalue weighted by atomic mass is 79.9. The summed E-state index contributed by atoms with van der Waals surface area (Å²) in [5, 5.41) is 0. The molecule has 0 aliphatic carbocycles. The second kappa shape index (κ2) is 5.97. The highest BCUT2D eigenvalue weighted by Gasteiger charge is 2.17. The van der Waals surface area contributed by atoms with Gasteiger partial charge in [0.2, 0.25) is 0 Å². The summed E-state index contributed by atoms with van der Waals surface area (Å²) < 4.78 is 7.17. The van der Waals surface area contributed by atoms with E-state index in [-0.39, 0.29) is 12.1 Å². The summed E-state index contributed by atoms with van der Waals surface area (Å²) >= 11 is 9.57. The van der Waals surface area contributed by atoms with Gasteiger partial charge in [-0.25, -0.2) is 0 Å². The van der Waals surface area contributed by atoms with Crippen LogP contribution in [-0.4, -0.2) is 22.5 Å². The molecule has 88 valence electrons. The molecule has 1 atom stereocenters. The van der Waals surface area contributed by atoms with Gasteiger partial charge < -0.3 is 9.30 Å². The van der Waals surface area contributed by atoms with Crippen molar-refractivity contribution in [3.8, 4) is 0 Å². The van der Waals surface area contributed by atoms with E-state index >= 15 is 0 Å². The number of nitrogens with zero attached hydrogens (tertiary/aromatic N) is 1. The highest BCUT2D eigenvalue weighted by molar-refractivity contribution is 9.11. The van der Waals surface area contributed by atoms with Crippen LogP contribution >= 0.6 is 47.8 Å². The first-order valence-electron chi connectivity index (χ1n) is 4.23. The zero-order valence-electron chi connectivity index (χ0n) is 8.25. The quantitative estimate of drug-likeness (QED) is 0.560. The summed E-state index contributed by atoms with van der Waals surface area (Å²) in [5.74, 6) is -0.414. The first-order chi connectivity index (χ1) is 7.45. The third kappa shape index (κ3) is 3.43. The smallest absolute Gasteiger partial charge is 0.321 e. The van der Waals surface area contributed by atoms with E-state index in [9.17, 15) is 9.59 Å². The van der Waals surface area contributed by atoms with Gasteiger partial charge in [-0.15, -0.1) is 0 Å². The van der Waals surface area contributed by atoms with Gasteiger partial charge in [-0.2, -0.15) is 0 Å². The summed E-state index contributed by atoms with van der Waals surface area (Å²) in [5.41, 5.74) is -0.198. The summed E-state index contributed by atoms with van der Waals surface area (Å²) in [7, 11) is 1.30. The molecule has 1 aromatic rings. The number of aromatic nitrogens is 1. The van der Waals surface area contributed by atoms with Crippen molar-refractivity contribution < 1.29 is 9.53 Å². The molecule has 0 fully saturated rings.